The molecule has 0 spiro atoms. The molecule has 1 rings (SSSR count). The summed E-state index contributed by atoms with van der Waals surface area (Å²) < 4.78 is 30.7. The van der Waals surface area contributed by atoms with Gasteiger partial charge in [0.05, 0.1) is 18.5 Å². The fourth-order valence-corrected chi connectivity index (χ4v) is 2.88. The number of sulfonamides is 1. The van der Waals surface area contributed by atoms with Gasteiger partial charge >= 0.3 is 0 Å². The number of rotatable bonds is 8. The second-order valence-electron chi connectivity index (χ2n) is 5.15. The van der Waals surface area contributed by atoms with Crippen molar-refractivity contribution in [2.75, 3.05) is 58.7 Å². The van der Waals surface area contributed by atoms with Crippen molar-refractivity contribution in [2.45, 2.75) is 20.0 Å². The third kappa shape index (κ3) is 6.67. The Hall–Kier alpha value is -0.210. The first-order valence-corrected chi connectivity index (χ1v) is 8.51. The predicted octanol–water partition coefficient (Wildman–Crippen LogP) is -0.422. The van der Waals surface area contributed by atoms with Crippen molar-refractivity contribution in [1.82, 2.24) is 14.5 Å². The molecule has 0 saturated carbocycles. The van der Waals surface area contributed by atoms with Crippen molar-refractivity contribution in [3.63, 3.8) is 0 Å². The summed E-state index contributed by atoms with van der Waals surface area (Å²) in [5, 5.41) is 3.28. The van der Waals surface area contributed by atoms with Crippen molar-refractivity contribution in [3.05, 3.63) is 0 Å². The van der Waals surface area contributed by atoms with E-state index in [9.17, 15) is 8.42 Å². The summed E-state index contributed by atoms with van der Waals surface area (Å²) in [7, 11) is -1.54. The van der Waals surface area contributed by atoms with Crippen molar-refractivity contribution in [1.29, 1.82) is 0 Å². The van der Waals surface area contributed by atoms with Gasteiger partial charge in [0.1, 0.15) is 0 Å². The van der Waals surface area contributed by atoms with Crippen LogP contribution in [-0.4, -0.2) is 82.4 Å². The Balaban J connectivity index is 2.27. The van der Waals surface area contributed by atoms with Crippen LogP contribution in [-0.2, 0) is 14.8 Å². The van der Waals surface area contributed by atoms with Crippen LogP contribution < -0.4 is 5.32 Å². The Morgan fingerprint density at radius 1 is 1.32 bits per heavy atom. The lowest BCUT2D eigenvalue weighted by Crippen LogP contribution is -2.46. The minimum atomic E-state index is -3.19. The van der Waals surface area contributed by atoms with Crippen LogP contribution in [0.15, 0.2) is 0 Å². The quantitative estimate of drug-likeness (QED) is 0.658. The number of nitrogens with zero attached hydrogens (tertiary/aromatic N) is 2. The SMILES string of the molecule is CC(C)OCCS(=O)(=O)N(C)CCN1CCNCC1. The van der Waals surface area contributed by atoms with E-state index in [-0.39, 0.29) is 18.5 Å². The molecule has 0 aromatic carbocycles. The Morgan fingerprint density at radius 3 is 2.53 bits per heavy atom. The van der Waals surface area contributed by atoms with Crippen LogP contribution in [0.4, 0.5) is 0 Å². The highest BCUT2D eigenvalue weighted by Crippen LogP contribution is 2.01. The Kier molecular flexibility index (Phi) is 7.23. The fourth-order valence-electron chi connectivity index (χ4n) is 1.90. The molecule has 1 aliphatic rings. The predicted molar refractivity (Wildman–Crippen MR) is 76.8 cm³/mol. The first-order valence-electron chi connectivity index (χ1n) is 6.90. The molecule has 0 amide bonds. The third-order valence-corrected chi connectivity index (χ3v) is 5.02. The van der Waals surface area contributed by atoms with Crippen LogP contribution in [0.3, 0.4) is 0 Å². The van der Waals surface area contributed by atoms with Gasteiger partial charge in [-0.3, -0.25) is 4.90 Å². The first kappa shape index (κ1) is 16.8. The monoisotopic (exact) mass is 293 g/mol. The standard InChI is InChI=1S/C12H27N3O3S/c1-12(2)18-10-11-19(16,17)14(3)8-9-15-6-4-13-5-7-15/h12-13H,4-11H2,1-3H3. The molecular formula is C12H27N3O3S. The first-order chi connectivity index (χ1) is 8.92. The maximum absolute atomic E-state index is 12.0. The molecule has 0 aromatic rings. The van der Waals surface area contributed by atoms with E-state index in [2.05, 4.69) is 10.2 Å². The summed E-state index contributed by atoms with van der Waals surface area (Å²) in [5.41, 5.74) is 0. The van der Waals surface area contributed by atoms with Gasteiger partial charge in [0.25, 0.3) is 0 Å². The Bertz CT molecular complexity index is 340. The molecule has 0 aromatic heterocycles. The zero-order valence-corrected chi connectivity index (χ0v) is 13.1. The zero-order chi connectivity index (χ0) is 14.3. The number of hydrogen-bond donors (Lipinski definition) is 1. The summed E-state index contributed by atoms with van der Waals surface area (Å²) in [4.78, 5) is 2.28. The average molecular weight is 293 g/mol. The highest BCUT2D eigenvalue weighted by molar-refractivity contribution is 7.89. The molecule has 0 unspecified atom stereocenters. The number of nitrogens with one attached hydrogen (secondary N) is 1. The van der Waals surface area contributed by atoms with Gasteiger partial charge in [0.15, 0.2) is 0 Å². The van der Waals surface area contributed by atoms with Gasteiger partial charge in [0.2, 0.25) is 10.0 Å². The molecule has 114 valence electrons. The molecule has 1 heterocycles. The van der Waals surface area contributed by atoms with E-state index in [1.807, 2.05) is 13.8 Å². The maximum Gasteiger partial charge on any atom is 0.216 e. The second kappa shape index (κ2) is 8.16. The fraction of sp³-hybridized carbons (Fsp3) is 1.00. The van der Waals surface area contributed by atoms with Gasteiger partial charge in [-0.05, 0) is 13.8 Å². The van der Waals surface area contributed by atoms with E-state index in [0.717, 1.165) is 32.7 Å². The van der Waals surface area contributed by atoms with Crippen LogP contribution in [0.25, 0.3) is 0 Å². The molecule has 6 nitrogen and oxygen atoms in total. The van der Waals surface area contributed by atoms with Crippen LogP contribution in [0.5, 0.6) is 0 Å². The van der Waals surface area contributed by atoms with E-state index < -0.39 is 10.0 Å². The molecule has 1 N–H and O–H groups in total. The lowest BCUT2D eigenvalue weighted by atomic mass is 10.3. The zero-order valence-electron chi connectivity index (χ0n) is 12.3. The van der Waals surface area contributed by atoms with Gasteiger partial charge in [-0.25, -0.2) is 12.7 Å². The average Bonchev–Trinajstić information content (AvgIpc) is 2.36. The number of ether oxygens (including phenoxy) is 1. The summed E-state index contributed by atoms with van der Waals surface area (Å²) >= 11 is 0. The highest BCUT2D eigenvalue weighted by atomic mass is 32.2. The summed E-state index contributed by atoms with van der Waals surface area (Å²) in [5.74, 6) is 0.0588. The number of hydrogen-bond acceptors (Lipinski definition) is 5. The van der Waals surface area contributed by atoms with Gasteiger partial charge in [-0.1, -0.05) is 0 Å². The second-order valence-corrected chi connectivity index (χ2v) is 7.34. The van der Waals surface area contributed by atoms with Gasteiger partial charge in [-0.2, -0.15) is 0 Å². The molecule has 1 aliphatic heterocycles. The molecule has 0 bridgehead atoms. The van der Waals surface area contributed by atoms with Crippen molar-refractivity contribution < 1.29 is 13.2 Å². The third-order valence-electron chi connectivity index (χ3n) is 3.21. The summed E-state index contributed by atoms with van der Waals surface area (Å²) in [6.45, 7) is 9.36. The normalized spacial score (nSPS) is 18.4. The topological polar surface area (TPSA) is 61.9 Å². The molecular weight excluding hydrogens is 266 g/mol. The Labute approximate surface area is 117 Å². The van der Waals surface area contributed by atoms with Crippen molar-refractivity contribution in [2.24, 2.45) is 0 Å². The molecule has 0 atom stereocenters. The minimum Gasteiger partial charge on any atom is -0.378 e. The largest absolute Gasteiger partial charge is 0.378 e. The molecule has 1 saturated heterocycles. The lowest BCUT2D eigenvalue weighted by Gasteiger charge is -2.28. The van der Waals surface area contributed by atoms with Crippen LogP contribution >= 0.6 is 0 Å². The lowest BCUT2D eigenvalue weighted by molar-refractivity contribution is 0.0907. The molecule has 0 radical (unpaired) electrons. The van der Waals surface area contributed by atoms with E-state index in [4.69, 9.17) is 4.74 Å². The van der Waals surface area contributed by atoms with Crippen molar-refractivity contribution >= 4 is 10.0 Å². The summed E-state index contributed by atoms with van der Waals surface area (Å²) in [6, 6.07) is 0. The molecule has 1 fully saturated rings. The Morgan fingerprint density at radius 2 is 1.95 bits per heavy atom. The smallest absolute Gasteiger partial charge is 0.216 e. The van der Waals surface area contributed by atoms with Gasteiger partial charge < -0.3 is 10.1 Å². The van der Waals surface area contributed by atoms with Crippen molar-refractivity contribution in [3.8, 4) is 0 Å². The van der Waals surface area contributed by atoms with E-state index in [0.29, 0.717) is 6.54 Å². The van der Waals surface area contributed by atoms with E-state index >= 15 is 0 Å². The van der Waals surface area contributed by atoms with Crippen LogP contribution in [0.2, 0.25) is 0 Å². The van der Waals surface area contributed by atoms with Crippen LogP contribution in [0, 0.1) is 0 Å². The van der Waals surface area contributed by atoms with Crippen LogP contribution in [0.1, 0.15) is 13.8 Å². The summed E-state index contributed by atoms with van der Waals surface area (Å²) in [6.07, 6.45) is 0.0707. The van der Waals surface area contributed by atoms with E-state index in [1.165, 1.54) is 4.31 Å². The van der Waals surface area contributed by atoms with Gasteiger partial charge in [0, 0.05) is 46.3 Å². The minimum absolute atomic E-state index is 0.0588. The molecule has 7 heteroatoms. The number of likely N-dealkylation sites (N-methyl/N-ethyl adjacent to an activating group) is 1. The maximum atomic E-state index is 12.0. The highest BCUT2D eigenvalue weighted by Gasteiger charge is 2.19. The number of piperazine rings is 1. The molecule has 0 aliphatic carbocycles. The van der Waals surface area contributed by atoms with E-state index in [1.54, 1.807) is 7.05 Å². The molecule has 19 heavy (non-hydrogen) atoms. The van der Waals surface area contributed by atoms with Gasteiger partial charge in [-0.15, -0.1) is 0 Å².